The molecule has 0 spiro atoms. The third-order valence-corrected chi connectivity index (χ3v) is 9.65. The van der Waals surface area contributed by atoms with Crippen molar-refractivity contribution in [2.45, 2.75) is 86.0 Å². The van der Waals surface area contributed by atoms with Crippen LogP contribution in [0.5, 0.6) is 11.5 Å². The zero-order valence-corrected chi connectivity index (χ0v) is 33.3. The van der Waals surface area contributed by atoms with Gasteiger partial charge in [0.25, 0.3) is 0 Å². The Labute approximate surface area is 317 Å². The van der Waals surface area contributed by atoms with E-state index in [0.29, 0.717) is 35.2 Å². The maximum atomic E-state index is 6.44. The number of aromatic nitrogens is 4. The molecule has 0 saturated carbocycles. The molecule has 51 heavy (non-hydrogen) atoms. The summed E-state index contributed by atoms with van der Waals surface area (Å²) in [4.78, 5) is 4.71. The van der Waals surface area contributed by atoms with Gasteiger partial charge < -0.3 is 9.30 Å². The van der Waals surface area contributed by atoms with Gasteiger partial charge in [-0.3, -0.25) is 4.68 Å². The number of rotatable bonds is 9. The number of ether oxygens (including phenoxy) is 1. The topological polar surface area (TPSA) is 44.9 Å². The Balaban J connectivity index is 0.00000448. The van der Waals surface area contributed by atoms with Crippen LogP contribution in [0.25, 0.3) is 44.4 Å². The smallest absolute Gasteiger partial charge is 0.509 e. The van der Waals surface area contributed by atoms with Gasteiger partial charge in [-0.15, -0.1) is 35.7 Å². The zero-order valence-electron chi connectivity index (χ0n) is 31.0. The number of benzene rings is 4. The van der Waals surface area contributed by atoms with Gasteiger partial charge in [-0.05, 0) is 93.2 Å². The summed E-state index contributed by atoms with van der Waals surface area (Å²) in [6, 6.07) is 32.0. The summed E-state index contributed by atoms with van der Waals surface area (Å²) in [5, 5.41) is 7.12. The Morgan fingerprint density at radius 1 is 0.686 bits per heavy atom. The van der Waals surface area contributed by atoms with Crippen molar-refractivity contribution in [1.82, 2.24) is 19.3 Å². The Bertz CT molecular complexity index is 2340. The molecule has 0 bridgehead atoms. The molecule has 0 aliphatic carbocycles. The largest absolute Gasteiger partial charge is 2.00 e. The van der Waals surface area contributed by atoms with E-state index in [4.69, 9.17) is 14.8 Å². The van der Waals surface area contributed by atoms with Crippen molar-refractivity contribution in [1.29, 1.82) is 0 Å². The molecule has 7 aromatic rings. The van der Waals surface area contributed by atoms with Crippen LogP contribution >= 0.6 is 0 Å². The fourth-order valence-electron chi connectivity index (χ4n) is 7.41. The first-order chi connectivity index (χ1) is 24.0. The molecule has 0 saturated heterocycles. The van der Waals surface area contributed by atoms with Crippen LogP contribution in [-0.4, -0.2) is 19.3 Å². The Morgan fingerprint density at radius 3 is 2.12 bits per heavy atom. The molecular weight excluding hydrogens is 808 g/mol. The molecule has 0 unspecified atom stereocenters. The maximum Gasteiger partial charge on any atom is 2.00 e. The normalized spacial score (nSPS) is 11.8. The van der Waals surface area contributed by atoms with E-state index in [0.717, 1.165) is 44.4 Å². The van der Waals surface area contributed by atoms with E-state index in [9.17, 15) is 0 Å². The summed E-state index contributed by atoms with van der Waals surface area (Å²) in [6.45, 7) is 20.6. The van der Waals surface area contributed by atoms with Crippen LogP contribution in [0.1, 0.15) is 107 Å². The molecule has 262 valence electrons. The van der Waals surface area contributed by atoms with E-state index in [1.165, 1.54) is 27.8 Å². The van der Waals surface area contributed by atoms with E-state index < -0.39 is 0 Å². The van der Waals surface area contributed by atoms with Gasteiger partial charge in [0.15, 0.2) is 0 Å². The summed E-state index contributed by atoms with van der Waals surface area (Å²) < 4.78 is 10.5. The predicted octanol–water partition coefficient (Wildman–Crippen LogP) is 12.2. The number of hydrogen-bond acceptors (Lipinski definition) is 3. The van der Waals surface area contributed by atoms with Crippen molar-refractivity contribution in [2.24, 2.45) is 0 Å². The number of aryl methyl sites for hydroxylation is 1. The van der Waals surface area contributed by atoms with Crippen molar-refractivity contribution < 1.29 is 25.8 Å². The second-order valence-electron chi connectivity index (χ2n) is 14.7. The van der Waals surface area contributed by atoms with E-state index in [-0.39, 0.29) is 21.1 Å². The minimum absolute atomic E-state index is 0. The SMILES string of the molecule is Cc1ccnc(-n2c3[c-]c(Oc4[c-]c(-n5cc(-c6c(C(C)C)cc(C(C)C)c(C(C)C)c6C(C)C)cn5)ccc4)ccc3c3ccccc32)c1.[Pt+2]. The summed E-state index contributed by atoms with van der Waals surface area (Å²) in [7, 11) is 0. The van der Waals surface area contributed by atoms with E-state index in [1.54, 1.807) is 0 Å². The fraction of sp³-hybridized carbons (Fsp3) is 0.289. The quantitative estimate of drug-likeness (QED) is 0.136. The maximum absolute atomic E-state index is 6.44. The molecule has 7 rings (SSSR count). The summed E-state index contributed by atoms with van der Waals surface area (Å²) in [6.07, 6.45) is 6.00. The zero-order chi connectivity index (χ0) is 35.3. The molecule has 0 radical (unpaired) electrons. The van der Waals surface area contributed by atoms with Gasteiger partial charge in [-0.1, -0.05) is 85.2 Å². The molecule has 3 aromatic heterocycles. The van der Waals surface area contributed by atoms with Crippen LogP contribution < -0.4 is 4.74 Å². The second kappa shape index (κ2) is 14.6. The van der Waals surface area contributed by atoms with E-state index >= 15 is 0 Å². The number of fused-ring (bicyclic) bond motifs is 3. The molecule has 6 heteroatoms. The molecule has 5 nitrogen and oxygen atoms in total. The van der Waals surface area contributed by atoms with Gasteiger partial charge in [0, 0.05) is 35.0 Å². The van der Waals surface area contributed by atoms with Crippen molar-refractivity contribution >= 4 is 21.8 Å². The Kier molecular flexibility index (Phi) is 10.4. The van der Waals surface area contributed by atoms with Gasteiger partial charge in [0.1, 0.15) is 5.82 Å². The molecule has 4 aromatic carbocycles. The second-order valence-corrected chi connectivity index (χ2v) is 14.7. The van der Waals surface area contributed by atoms with Crippen LogP contribution in [0.15, 0.2) is 91.4 Å². The summed E-state index contributed by atoms with van der Waals surface area (Å²) in [5.74, 6) is 3.69. The molecule has 0 fully saturated rings. The first-order valence-corrected chi connectivity index (χ1v) is 17.9. The Hall–Kier alpha value is -4.47. The van der Waals surface area contributed by atoms with Crippen molar-refractivity contribution in [2.75, 3.05) is 0 Å². The van der Waals surface area contributed by atoms with Crippen LogP contribution in [0, 0.1) is 19.1 Å². The van der Waals surface area contributed by atoms with Crippen molar-refractivity contribution in [3.05, 3.63) is 131 Å². The summed E-state index contributed by atoms with van der Waals surface area (Å²) >= 11 is 0. The van der Waals surface area contributed by atoms with Crippen LogP contribution in [0.3, 0.4) is 0 Å². The third-order valence-electron chi connectivity index (χ3n) is 9.65. The molecule has 0 amide bonds. The van der Waals surface area contributed by atoms with Gasteiger partial charge in [-0.25, -0.2) is 4.98 Å². The molecule has 0 aliphatic heterocycles. The molecular formula is C45H46N4OPt. The first-order valence-electron chi connectivity index (χ1n) is 17.9. The van der Waals surface area contributed by atoms with Crippen LogP contribution in [0.4, 0.5) is 0 Å². The number of para-hydroxylation sites is 1. The van der Waals surface area contributed by atoms with Crippen LogP contribution in [-0.2, 0) is 21.1 Å². The summed E-state index contributed by atoms with van der Waals surface area (Å²) in [5.41, 5.74) is 12.2. The average Bonchev–Trinajstić information content (AvgIpc) is 3.70. The monoisotopic (exact) mass is 853 g/mol. The average molecular weight is 854 g/mol. The van der Waals surface area contributed by atoms with Crippen molar-refractivity contribution in [3.8, 4) is 34.1 Å². The minimum atomic E-state index is 0. The molecule has 3 heterocycles. The van der Waals surface area contributed by atoms with E-state index in [1.807, 2.05) is 47.4 Å². The number of pyridine rings is 1. The van der Waals surface area contributed by atoms with Crippen LogP contribution in [0.2, 0.25) is 0 Å². The van der Waals surface area contributed by atoms with Crippen molar-refractivity contribution in [3.63, 3.8) is 0 Å². The third kappa shape index (κ3) is 6.81. The number of hydrogen-bond donors (Lipinski definition) is 0. The van der Waals surface area contributed by atoms with E-state index in [2.05, 4.69) is 128 Å². The number of nitrogens with zero attached hydrogens (tertiary/aromatic N) is 4. The van der Waals surface area contributed by atoms with Gasteiger partial charge >= 0.3 is 21.1 Å². The minimum Gasteiger partial charge on any atom is -0.509 e. The first kappa shape index (κ1) is 36.3. The van der Waals surface area contributed by atoms with Gasteiger partial charge in [-0.2, -0.15) is 17.2 Å². The molecule has 0 aliphatic rings. The fourth-order valence-corrected chi connectivity index (χ4v) is 7.41. The van der Waals surface area contributed by atoms with Gasteiger partial charge in [0.2, 0.25) is 0 Å². The predicted molar refractivity (Wildman–Crippen MR) is 206 cm³/mol. The van der Waals surface area contributed by atoms with Gasteiger partial charge in [0.05, 0.1) is 6.20 Å². The Morgan fingerprint density at radius 2 is 1.41 bits per heavy atom. The molecule has 0 N–H and O–H groups in total. The standard InChI is InChI=1S/C45H46N4O.Pt/c1-27(2)38-24-39(28(3)4)45(44(30(7)8)43(38)29(5)6)32-25-47-48(26-32)33-13-12-14-34(22-33)50-35-17-18-37-36-15-10-11-16-40(36)49(41(37)23-35)42-21-31(9)19-20-46-42;/h10-21,24-30H,1-9H3;/q-2;+2. The molecule has 0 atom stereocenters.